The normalized spacial score (nSPS) is 16.8. The number of carbonyl (C=O) groups excluding carboxylic acids is 1. The van der Waals surface area contributed by atoms with Crippen molar-refractivity contribution in [2.45, 2.75) is 12.3 Å². The molecule has 2 heterocycles. The third kappa shape index (κ3) is 2.90. The summed E-state index contributed by atoms with van der Waals surface area (Å²) in [4.78, 5) is 18.2. The van der Waals surface area contributed by atoms with Crippen LogP contribution in [0, 0.1) is 0 Å². The van der Waals surface area contributed by atoms with Crippen LogP contribution in [0.25, 0.3) is 10.9 Å². The zero-order valence-corrected chi connectivity index (χ0v) is 15.0. The quantitative estimate of drug-likeness (QED) is 0.778. The number of methoxy groups -OCH3 is 2. The zero-order valence-electron chi connectivity index (χ0n) is 15.0. The number of fused-ring (bicyclic) bond motifs is 1. The number of para-hydroxylation sites is 1. The smallest absolute Gasteiger partial charge is 0.254 e. The van der Waals surface area contributed by atoms with Gasteiger partial charge in [-0.2, -0.15) is 0 Å². The second kappa shape index (κ2) is 6.75. The molecule has 3 aromatic rings. The summed E-state index contributed by atoms with van der Waals surface area (Å²) in [5, 5.41) is 1.25. The van der Waals surface area contributed by atoms with Gasteiger partial charge in [0.05, 0.1) is 14.2 Å². The molecule has 1 fully saturated rings. The second-order valence-electron chi connectivity index (χ2n) is 6.63. The highest BCUT2D eigenvalue weighted by Gasteiger charge is 2.29. The molecule has 1 amide bonds. The fourth-order valence-electron chi connectivity index (χ4n) is 3.74. The van der Waals surface area contributed by atoms with Crippen molar-refractivity contribution < 1.29 is 14.3 Å². The van der Waals surface area contributed by atoms with Crippen molar-refractivity contribution in [3.05, 3.63) is 59.8 Å². The topological polar surface area (TPSA) is 54.6 Å². The van der Waals surface area contributed by atoms with Crippen LogP contribution in [0.5, 0.6) is 11.5 Å². The summed E-state index contributed by atoms with van der Waals surface area (Å²) in [6.07, 6.45) is 3.05. The van der Waals surface area contributed by atoms with Crippen LogP contribution in [0.4, 0.5) is 0 Å². The number of ether oxygens (including phenoxy) is 2. The van der Waals surface area contributed by atoms with E-state index in [0.29, 0.717) is 23.0 Å². The average molecular weight is 350 g/mol. The van der Waals surface area contributed by atoms with Gasteiger partial charge >= 0.3 is 0 Å². The number of nitrogens with one attached hydrogen (secondary N) is 1. The number of likely N-dealkylation sites (tertiary alicyclic amines) is 1. The van der Waals surface area contributed by atoms with Crippen LogP contribution in [0.15, 0.2) is 48.7 Å². The van der Waals surface area contributed by atoms with Gasteiger partial charge in [0.15, 0.2) is 0 Å². The summed E-state index contributed by atoms with van der Waals surface area (Å²) < 4.78 is 10.6. The summed E-state index contributed by atoms with van der Waals surface area (Å²) in [5.74, 6) is 1.62. The van der Waals surface area contributed by atoms with Crippen molar-refractivity contribution in [3.8, 4) is 11.5 Å². The number of aromatic nitrogens is 1. The van der Waals surface area contributed by atoms with E-state index < -0.39 is 0 Å². The number of hydrogen-bond donors (Lipinski definition) is 1. The van der Waals surface area contributed by atoms with Gasteiger partial charge < -0.3 is 19.4 Å². The van der Waals surface area contributed by atoms with Gasteiger partial charge in [-0.05, 0) is 30.2 Å². The van der Waals surface area contributed by atoms with Gasteiger partial charge in [-0.25, -0.2) is 0 Å². The summed E-state index contributed by atoms with van der Waals surface area (Å²) >= 11 is 0. The van der Waals surface area contributed by atoms with E-state index in [0.717, 1.165) is 25.0 Å². The fraction of sp³-hybridized carbons (Fsp3) is 0.286. The lowest BCUT2D eigenvalue weighted by Crippen LogP contribution is -2.28. The molecule has 1 unspecified atom stereocenters. The molecular formula is C21H22N2O3. The molecule has 1 aromatic heterocycles. The van der Waals surface area contributed by atoms with Crippen LogP contribution in [0.2, 0.25) is 0 Å². The van der Waals surface area contributed by atoms with E-state index in [4.69, 9.17) is 9.47 Å². The van der Waals surface area contributed by atoms with E-state index in [1.54, 1.807) is 32.4 Å². The highest BCUT2D eigenvalue weighted by atomic mass is 16.5. The van der Waals surface area contributed by atoms with Crippen molar-refractivity contribution in [1.29, 1.82) is 0 Å². The number of carbonyl (C=O) groups is 1. The summed E-state index contributed by atoms with van der Waals surface area (Å²) in [6, 6.07) is 13.6. The van der Waals surface area contributed by atoms with Crippen LogP contribution >= 0.6 is 0 Å². The minimum atomic E-state index is 0.0181. The molecule has 5 heteroatoms. The maximum Gasteiger partial charge on any atom is 0.254 e. The Bertz CT molecular complexity index is 925. The van der Waals surface area contributed by atoms with Crippen molar-refractivity contribution in [1.82, 2.24) is 9.88 Å². The lowest BCUT2D eigenvalue weighted by molar-refractivity contribution is 0.0790. The number of benzene rings is 2. The third-order valence-corrected chi connectivity index (χ3v) is 5.13. The van der Waals surface area contributed by atoms with E-state index >= 15 is 0 Å². The number of H-pyrrole nitrogens is 1. The summed E-state index contributed by atoms with van der Waals surface area (Å²) in [5.41, 5.74) is 3.03. The third-order valence-electron chi connectivity index (χ3n) is 5.13. The van der Waals surface area contributed by atoms with E-state index in [1.165, 1.54) is 10.9 Å². The highest BCUT2D eigenvalue weighted by Crippen LogP contribution is 2.33. The monoisotopic (exact) mass is 350 g/mol. The van der Waals surface area contributed by atoms with Crippen LogP contribution in [0.3, 0.4) is 0 Å². The van der Waals surface area contributed by atoms with Crippen LogP contribution < -0.4 is 9.47 Å². The predicted molar refractivity (Wildman–Crippen MR) is 101 cm³/mol. The number of rotatable bonds is 4. The van der Waals surface area contributed by atoms with Crippen molar-refractivity contribution >= 4 is 16.8 Å². The molecule has 1 saturated heterocycles. The molecule has 1 aliphatic heterocycles. The molecule has 0 spiro atoms. The second-order valence-corrected chi connectivity index (χ2v) is 6.63. The van der Waals surface area contributed by atoms with Crippen molar-refractivity contribution in [2.75, 3.05) is 27.3 Å². The van der Waals surface area contributed by atoms with E-state index in [2.05, 4.69) is 29.4 Å². The Balaban J connectivity index is 1.56. The number of aromatic amines is 1. The molecular weight excluding hydrogens is 328 g/mol. The molecule has 26 heavy (non-hydrogen) atoms. The molecule has 134 valence electrons. The maximum atomic E-state index is 13.0. The molecule has 0 saturated carbocycles. The molecule has 0 radical (unpaired) electrons. The number of amides is 1. The van der Waals surface area contributed by atoms with Gasteiger partial charge in [0.2, 0.25) is 0 Å². The zero-order chi connectivity index (χ0) is 18.1. The van der Waals surface area contributed by atoms with Gasteiger partial charge in [-0.3, -0.25) is 4.79 Å². The lowest BCUT2D eigenvalue weighted by Gasteiger charge is -2.17. The number of hydrogen-bond acceptors (Lipinski definition) is 3. The predicted octanol–water partition coefficient (Wildman–Crippen LogP) is 3.81. The lowest BCUT2D eigenvalue weighted by atomic mass is 9.98. The van der Waals surface area contributed by atoms with Gasteiger partial charge in [0.25, 0.3) is 5.91 Å². The Morgan fingerprint density at radius 2 is 1.85 bits per heavy atom. The van der Waals surface area contributed by atoms with Crippen molar-refractivity contribution in [2.24, 2.45) is 0 Å². The largest absolute Gasteiger partial charge is 0.497 e. The Kier molecular flexibility index (Phi) is 4.29. The Hall–Kier alpha value is -2.95. The first-order valence-electron chi connectivity index (χ1n) is 8.78. The van der Waals surface area contributed by atoms with Crippen LogP contribution in [-0.2, 0) is 0 Å². The molecule has 4 rings (SSSR count). The van der Waals surface area contributed by atoms with Crippen molar-refractivity contribution in [3.63, 3.8) is 0 Å². The molecule has 0 aliphatic carbocycles. The van der Waals surface area contributed by atoms with E-state index in [1.807, 2.05) is 11.0 Å². The first-order valence-corrected chi connectivity index (χ1v) is 8.78. The van der Waals surface area contributed by atoms with Gasteiger partial charge in [-0.1, -0.05) is 18.2 Å². The van der Waals surface area contributed by atoms with E-state index in [9.17, 15) is 4.79 Å². The molecule has 1 N–H and O–H groups in total. The standard InChI is InChI=1S/C21H22N2O3/c1-25-16-9-15(10-17(11-16)26-2)21(24)23-8-7-14(13-23)19-12-22-20-6-4-3-5-18(19)20/h3-6,9-12,14,22H,7-8,13H2,1-2H3. The SMILES string of the molecule is COc1cc(OC)cc(C(=O)N2CCC(c3c[nH]c4ccccc34)C2)c1. The molecule has 5 nitrogen and oxygen atoms in total. The Labute approximate surface area is 152 Å². The highest BCUT2D eigenvalue weighted by molar-refractivity contribution is 5.95. The van der Waals surface area contributed by atoms with Crippen LogP contribution in [0.1, 0.15) is 28.3 Å². The minimum absolute atomic E-state index is 0.0181. The molecule has 1 atom stereocenters. The van der Waals surface area contributed by atoms with Gasteiger partial charge in [-0.15, -0.1) is 0 Å². The van der Waals surface area contributed by atoms with Crippen LogP contribution in [-0.4, -0.2) is 43.1 Å². The molecule has 1 aliphatic rings. The number of nitrogens with zero attached hydrogens (tertiary/aromatic N) is 1. The van der Waals surface area contributed by atoms with Gasteiger partial charge in [0, 0.05) is 47.7 Å². The molecule has 2 aromatic carbocycles. The Morgan fingerprint density at radius 1 is 1.12 bits per heavy atom. The average Bonchev–Trinajstić information content (AvgIpc) is 3.33. The fourth-order valence-corrected chi connectivity index (χ4v) is 3.74. The first kappa shape index (κ1) is 16.5. The Morgan fingerprint density at radius 3 is 2.58 bits per heavy atom. The maximum absolute atomic E-state index is 13.0. The minimum Gasteiger partial charge on any atom is -0.497 e. The first-order chi connectivity index (χ1) is 12.7. The summed E-state index contributed by atoms with van der Waals surface area (Å²) in [7, 11) is 3.18. The van der Waals surface area contributed by atoms with Gasteiger partial charge in [0.1, 0.15) is 11.5 Å². The van der Waals surface area contributed by atoms with E-state index in [-0.39, 0.29) is 5.91 Å². The molecule has 0 bridgehead atoms. The summed E-state index contributed by atoms with van der Waals surface area (Å²) in [6.45, 7) is 1.47.